The number of piperidine rings is 1. The summed E-state index contributed by atoms with van der Waals surface area (Å²) in [5.41, 5.74) is 0. The van der Waals surface area contributed by atoms with E-state index in [2.05, 4.69) is 5.32 Å². The number of hydrogen-bond donors (Lipinski definition) is 1. The van der Waals surface area contributed by atoms with E-state index in [1.165, 1.54) is 0 Å². The molecule has 0 saturated carbocycles. The van der Waals surface area contributed by atoms with Gasteiger partial charge in [-0.1, -0.05) is 6.07 Å². The lowest BCUT2D eigenvalue weighted by atomic mass is 10.1. The topological polar surface area (TPSA) is 32.3 Å². The summed E-state index contributed by atoms with van der Waals surface area (Å²) in [4.78, 5) is 15.3. The van der Waals surface area contributed by atoms with E-state index in [1.54, 1.807) is 17.4 Å². The highest BCUT2D eigenvalue weighted by atomic mass is 32.1. The Hall–Kier alpha value is -1.13. The zero-order valence-corrected chi connectivity index (χ0v) is 11.6. The van der Waals surface area contributed by atoms with Crippen molar-refractivity contribution in [3.63, 3.8) is 0 Å². The highest BCUT2D eigenvalue weighted by Crippen LogP contribution is 2.13. The molecule has 3 nitrogen and oxygen atoms in total. The summed E-state index contributed by atoms with van der Waals surface area (Å²) in [6.07, 6.45) is 5.87. The lowest BCUT2D eigenvalue weighted by Gasteiger charge is -2.33. The van der Waals surface area contributed by atoms with Crippen molar-refractivity contribution in [3.8, 4) is 0 Å². The van der Waals surface area contributed by atoms with E-state index in [9.17, 15) is 4.79 Å². The number of hydrogen-bond acceptors (Lipinski definition) is 3. The minimum Gasteiger partial charge on any atom is -0.335 e. The Kier molecular flexibility index (Phi) is 4.96. The molecule has 0 aliphatic carbocycles. The normalized spacial score (nSPS) is 20.2. The molecule has 1 atom stereocenters. The van der Waals surface area contributed by atoms with Crippen molar-refractivity contribution >= 4 is 23.3 Å². The molecule has 4 heteroatoms. The summed E-state index contributed by atoms with van der Waals surface area (Å²) in [7, 11) is 0. The molecular formula is C14H20N2OS. The maximum atomic E-state index is 12.2. The van der Waals surface area contributed by atoms with Crippen LogP contribution in [0.3, 0.4) is 0 Å². The van der Waals surface area contributed by atoms with Crippen molar-refractivity contribution in [2.45, 2.75) is 25.8 Å². The van der Waals surface area contributed by atoms with Gasteiger partial charge in [0, 0.05) is 30.1 Å². The van der Waals surface area contributed by atoms with E-state index in [0.717, 1.165) is 37.4 Å². The van der Waals surface area contributed by atoms with Gasteiger partial charge >= 0.3 is 0 Å². The van der Waals surface area contributed by atoms with E-state index in [0.29, 0.717) is 6.04 Å². The molecular weight excluding hydrogens is 244 g/mol. The zero-order valence-electron chi connectivity index (χ0n) is 10.8. The van der Waals surface area contributed by atoms with Gasteiger partial charge in [-0.05, 0) is 43.8 Å². The Morgan fingerprint density at radius 3 is 3.17 bits per heavy atom. The Bertz CT molecular complexity index is 394. The number of amides is 1. The molecule has 1 aliphatic heterocycles. The fourth-order valence-electron chi connectivity index (χ4n) is 2.33. The third-order valence-electron chi connectivity index (χ3n) is 3.27. The molecule has 1 aliphatic rings. The molecule has 1 unspecified atom stereocenters. The molecule has 2 heterocycles. The smallest absolute Gasteiger partial charge is 0.246 e. The van der Waals surface area contributed by atoms with Crippen molar-refractivity contribution in [2.75, 3.05) is 19.6 Å². The zero-order chi connectivity index (χ0) is 12.8. The van der Waals surface area contributed by atoms with Crippen molar-refractivity contribution in [3.05, 3.63) is 28.5 Å². The second kappa shape index (κ2) is 6.71. The van der Waals surface area contributed by atoms with E-state index in [1.807, 2.05) is 35.4 Å². The average Bonchev–Trinajstić information content (AvgIpc) is 2.92. The summed E-state index contributed by atoms with van der Waals surface area (Å²) >= 11 is 1.65. The Labute approximate surface area is 112 Å². The highest BCUT2D eigenvalue weighted by molar-refractivity contribution is 7.10. The van der Waals surface area contributed by atoms with E-state index >= 15 is 0 Å². The maximum Gasteiger partial charge on any atom is 0.246 e. The molecule has 1 fully saturated rings. The lowest BCUT2D eigenvalue weighted by Crippen LogP contribution is -2.48. The van der Waals surface area contributed by atoms with Gasteiger partial charge < -0.3 is 10.2 Å². The van der Waals surface area contributed by atoms with Gasteiger partial charge in [0.05, 0.1) is 0 Å². The lowest BCUT2D eigenvalue weighted by molar-refractivity contribution is -0.128. The van der Waals surface area contributed by atoms with Crippen LogP contribution in [0.4, 0.5) is 0 Å². The van der Waals surface area contributed by atoms with Crippen LogP contribution in [0.5, 0.6) is 0 Å². The van der Waals surface area contributed by atoms with Crippen molar-refractivity contribution in [1.29, 1.82) is 0 Å². The Morgan fingerprint density at radius 1 is 1.67 bits per heavy atom. The molecule has 1 aromatic heterocycles. The Morgan fingerprint density at radius 2 is 2.56 bits per heavy atom. The van der Waals surface area contributed by atoms with Crippen LogP contribution < -0.4 is 5.32 Å². The molecule has 1 aromatic rings. The number of likely N-dealkylation sites (N-methyl/N-ethyl adjacent to an activating group) is 1. The van der Waals surface area contributed by atoms with Crippen molar-refractivity contribution in [2.24, 2.45) is 0 Å². The molecule has 0 aromatic carbocycles. The highest BCUT2D eigenvalue weighted by Gasteiger charge is 2.22. The van der Waals surface area contributed by atoms with Crippen LogP contribution in [0.1, 0.15) is 24.6 Å². The van der Waals surface area contributed by atoms with Gasteiger partial charge in [0.25, 0.3) is 0 Å². The van der Waals surface area contributed by atoms with Crippen LogP contribution in [0.15, 0.2) is 23.6 Å². The third-order valence-corrected chi connectivity index (χ3v) is 4.11. The number of carbonyl (C=O) groups is 1. The summed E-state index contributed by atoms with van der Waals surface area (Å²) in [6, 6.07) is 4.37. The van der Waals surface area contributed by atoms with Gasteiger partial charge in [-0.15, -0.1) is 11.3 Å². The monoisotopic (exact) mass is 264 g/mol. The molecule has 2 rings (SSSR count). The van der Waals surface area contributed by atoms with Crippen LogP contribution >= 0.6 is 11.3 Å². The number of rotatable bonds is 4. The standard InChI is InChI=1S/C14H20N2OS/c1-2-16(12-5-3-9-15-11-12)14(17)8-7-13-6-4-10-18-13/h4,6-8,10,12,15H,2-3,5,9,11H2,1H3. The minimum absolute atomic E-state index is 0.125. The average molecular weight is 264 g/mol. The predicted molar refractivity (Wildman–Crippen MR) is 76.6 cm³/mol. The van der Waals surface area contributed by atoms with E-state index in [-0.39, 0.29) is 5.91 Å². The number of thiophene rings is 1. The summed E-state index contributed by atoms with van der Waals surface area (Å²) in [5.74, 6) is 0.125. The number of nitrogens with zero attached hydrogens (tertiary/aromatic N) is 1. The Balaban J connectivity index is 1.96. The molecule has 98 valence electrons. The van der Waals surface area contributed by atoms with Crippen LogP contribution in [0.2, 0.25) is 0 Å². The number of nitrogens with one attached hydrogen (secondary N) is 1. The molecule has 0 radical (unpaired) electrons. The fourth-order valence-corrected chi connectivity index (χ4v) is 2.95. The SMILES string of the molecule is CCN(C(=O)C=Cc1cccs1)C1CCCNC1. The quantitative estimate of drug-likeness (QED) is 0.847. The second-order valence-corrected chi connectivity index (χ2v) is 5.45. The van der Waals surface area contributed by atoms with E-state index < -0.39 is 0 Å². The molecule has 0 bridgehead atoms. The van der Waals surface area contributed by atoms with Gasteiger partial charge in [-0.25, -0.2) is 0 Å². The first-order valence-corrected chi connectivity index (χ1v) is 7.42. The van der Waals surface area contributed by atoms with Gasteiger partial charge in [0.1, 0.15) is 0 Å². The van der Waals surface area contributed by atoms with Crippen LogP contribution in [-0.4, -0.2) is 36.5 Å². The third kappa shape index (κ3) is 3.43. The molecule has 0 spiro atoms. The van der Waals surface area contributed by atoms with Gasteiger partial charge in [0.2, 0.25) is 5.91 Å². The first-order chi connectivity index (χ1) is 8.81. The van der Waals surface area contributed by atoms with Gasteiger partial charge in [-0.2, -0.15) is 0 Å². The minimum atomic E-state index is 0.125. The molecule has 1 saturated heterocycles. The predicted octanol–water partition coefficient (Wildman–Crippen LogP) is 2.36. The van der Waals surface area contributed by atoms with Crippen molar-refractivity contribution in [1.82, 2.24) is 10.2 Å². The molecule has 1 N–H and O–H groups in total. The summed E-state index contributed by atoms with van der Waals surface area (Å²) in [6.45, 7) is 4.82. The van der Waals surface area contributed by atoms with Crippen LogP contribution in [0, 0.1) is 0 Å². The molecule has 18 heavy (non-hydrogen) atoms. The summed E-state index contributed by atoms with van der Waals surface area (Å²) < 4.78 is 0. The van der Waals surface area contributed by atoms with Gasteiger partial charge in [0.15, 0.2) is 0 Å². The van der Waals surface area contributed by atoms with Crippen LogP contribution in [0.25, 0.3) is 6.08 Å². The molecule has 1 amide bonds. The number of carbonyl (C=O) groups excluding carboxylic acids is 1. The fraction of sp³-hybridized carbons (Fsp3) is 0.500. The summed E-state index contributed by atoms with van der Waals surface area (Å²) in [5, 5.41) is 5.38. The largest absolute Gasteiger partial charge is 0.335 e. The first-order valence-electron chi connectivity index (χ1n) is 6.54. The van der Waals surface area contributed by atoms with Gasteiger partial charge in [-0.3, -0.25) is 4.79 Å². The maximum absolute atomic E-state index is 12.2. The first kappa shape index (κ1) is 13.3. The second-order valence-electron chi connectivity index (χ2n) is 4.47. The van der Waals surface area contributed by atoms with E-state index in [4.69, 9.17) is 0 Å². The van der Waals surface area contributed by atoms with Crippen molar-refractivity contribution < 1.29 is 4.79 Å². The van der Waals surface area contributed by atoms with Crippen LogP contribution in [-0.2, 0) is 4.79 Å².